The van der Waals surface area contributed by atoms with E-state index in [0.717, 1.165) is 6.08 Å². The lowest BCUT2D eigenvalue weighted by molar-refractivity contribution is -0.329. The number of methoxy groups -OCH3 is 2. The molecule has 6 N–H and O–H groups in total. The van der Waals surface area contributed by atoms with Gasteiger partial charge in [0.25, 0.3) is 5.79 Å². The molecule has 1 aliphatic rings. The third kappa shape index (κ3) is 3.90. The van der Waals surface area contributed by atoms with Gasteiger partial charge in [0, 0.05) is 0 Å². The average Bonchev–Trinajstić information content (AvgIpc) is 2.67. The Labute approximate surface area is 154 Å². The van der Waals surface area contributed by atoms with Crippen LogP contribution in [0, 0.1) is 0 Å². The third-order valence-corrected chi connectivity index (χ3v) is 4.25. The van der Waals surface area contributed by atoms with E-state index in [1.165, 1.54) is 32.4 Å². The van der Waals surface area contributed by atoms with Crippen LogP contribution in [0.3, 0.4) is 0 Å². The van der Waals surface area contributed by atoms with E-state index in [4.69, 9.17) is 19.3 Å². The molecular formula is C17H22O10. The van der Waals surface area contributed by atoms with Crippen molar-refractivity contribution >= 4 is 11.9 Å². The second-order valence-electron chi connectivity index (χ2n) is 5.93. The second kappa shape index (κ2) is 8.21. The fourth-order valence-electron chi connectivity index (χ4n) is 2.66. The minimum absolute atomic E-state index is 0.0769. The highest BCUT2D eigenvalue weighted by molar-refractivity contribution is 5.99. The maximum atomic E-state index is 12.4. The van der Waals surface area contributed by atoms with E-state index in [1.54, 1.807) is 0 Å². The van der Waals surface area contributed by atoms with Crippen molar-refractivity contribution in [3.8, 4) is 17.2 Å². The lowest BCUT2D eigenvalue weighted by Gasteiger charge is -2.43. The predicted molar refractivity (Wildman–Crippen MR) is 90.2 cm³/mol. The van der Waals surface area contributed by atoms with Crippen molar-refractivity contribution in [1.82, 2.24) is 0 Å². The normalized spacial score (nSPS) is 31.1. The summed E-state index contributed by atoms with van der Waals surface area (Å²) in [6.45, 7) is -0.795. The Balaban J connectivity index is 2.30. The summed E-state index contributed by atoms with van der Waals surface area (Å²) >= 11 is 0. The van der Waals surface area contributed by atoms with E-state index in [9.17, 15) is 30.3 Å². The maximum absolute atomic E-state index is 12.4. The largest absolute Gasteiger partial charge is 0.502 e. The van der Waals surface area contributed by atoms with Gasteiger partial charge in [0.05, 0.1) is 20.8 Å². The highest BCUT2D eigenvalue weighted by Crippen LogP contribution is 2.37. The van der Waals surface area contributed by atoms with Gasteiger partial charge in [0.1, 0.15) is 24.4 Å². The van der Waals surface area contributed by atoms with Gasteiger partial charge in [-0.2, -0.15) is 0 Å². The van der Waals surface area contributed by atoms with Crippen LogP contribution in [0.1, 0.15) is 5.56 Å². The predicted octanol–water partition coefficient (Wildman–Crippen LogP) is -1.85. The van der Waals surface area contributed by atoms with E-state index in [2.05, 4.69) is 0 Å². The van der Waals surface area contributed by atoms with Gasteiger partial charge in [-0.3, -0.25) is 4.79 Å². The number of benzene rings is 1. The number of carbonyl (C=O) groups excluding carboxylic acids is 1. The number of ether oxygens (including phenoxy) is 3. The molecule has 0 amide bonds. The summed E-state index contributed by atoms with van der Waals surface area (Å²) in [5.41, 5.74) is 0.350. The number of phenolic OH excluding ortho intramolecular Hbond substituents is 1. The summed E-state index contributed by atoms with van der Waals surface area (Å²) in [6.07, 6.45) is -5.12. The van der Waals surface area contributed by atoms with Crippen molar-refractivity contribution in [2.45, 2.75) is 30.2 Å². The first kappa shape index (κ1) is 21.1. The monoisotopic (exact) mass is 386 g/mol. The number of ketones is 1. The molecule has 0 spiro atoms. The van der Waals surface area contributed by atoms with Crippen LogP contribution in [0.15, 0.2) is 18.2 Å². The number of aliphatic hydroxyl groups excluding tert-OH is 4. The number of rotatable bonds is 6. The zero-order chi connectivity index (χ0) is 20.4. The first-order chi connectivity index (χ1) is 12.7. The molecule has 0 radical (unpaired) electrons. The minimum Gasteiger partial charge on any atom is -0.502 e. The molecule has 10 nitrogen and oxygen atoms in total. The van der Waals surface area contributed by atoms with Crippen LogP contribution >= 0.6 is 0 Å². The van der Waals surface area contributed by atoms with Gasteiger partial charge in [0.2, 0.25) is 11.5 Å². The number of aromatic hydroxyl groups is 1. The summed E-state index contributed by atoms with van der Waals surface area (Å²) in [5.74, 6) is -4.09. The number of aliphatic hydroxyl groups is 5. The topological polar surface area (TPSA) is 166 Å². The van der Waals surface area contributed by atoms with Crippen LogP contribution in [-0.4, -0.2) is 87.5 Å². The quantitative estimate of drug-likeness (QED) is 0.306. The van der Waals surface area contributed by atoms with Crippen molar-refractivity contribution in [1.29, 1.82) is 0 Å². The van der Waals surface area contributed by atoms with Gasteiger partial charge in [-0.05, 0) is 23.8 Å². The lowest BCUT2D eigenvalue weighted by atomic mass is 9.90. The van der Waals surface area contributed by atoms with Crippen LogP contribution in [0.4, 0.5) is 0 Å². The molecule has 1 saturated heterocycles. The number of carbonyl (C=O) groups is 1. The molecule has 1 fully saturated rings. The summed E-state index contributed by atoms with van der Waals surface area (Å²) < 4.78 is 14.9. The van der Waals surface area contributed by atoms with Crippen LogP contribution < -0.4 is 9.47 Å². The molecule has 0 aliphatic carbocycles. The Morgan fingerprint density at radius 3 is 2.22 bits per heavy atom. The van der Waals surface area contributed by atoms with Crippen LogP contribution in [0.2, 0.25) is 0 Å². The molecule has 0 saturated carbocycles. The van der Waals surface area contributed by atoms with E-state index in [1.807, 2.05) is 0 Å². The zero-order valence-electron chi connectivity index (χ0n) is 14.6. The molecule has 0 bridgehead atoms. The Kier molecular flexibility index (Phi) is 6.42. The molecule has 2 rings (SSSR count). The van der Waals surface area contributed by atoms with Crippen molar-refractivity contribution in [2.75, 3.05) is 20.8 Å². The zero-order valence-corrected chi connectivity index (χ0v) is 14.6. The van der Waals surface area contributed by atoms with E-state index in [-0.39, 0.29) is 17.2 Å². The highest BCUT2D eigenvalue weighted by Gasteiger charge is 2.56. The Morgan fingerprint density at radius 2 is 1.74 bits per heavy atom. The molecule has 1 aliphatic heterocycles. The summed E-state index contributed by atoms with van der Waals surface area (Å²) in [7, 11) is 2.65. The fraction of sp³-hybridized carbons (Fsp3) is 0.471. The standard InChI is InChI=1S/C17H22O10/c1-25-9-5-8(6-10(26-2)13(9)20)3-4-12(19)17(24)16(23)15(22)14(21)11(7-18)27-17/h3-6,11,14-16,18,20-24H,7H2,1-2H3/t11-,14-,15+,16-,17-/m1/s1. The fourth-order valence-corrected chi connectivity index (χ4v) is 2.66. The van der Waals surface area contributed by atoms with Crippen LogP contribution in [-0.2, 0) is 9.53 Å². The summed E-state index contributed by atoms with van der Waals surface area (Å²) in [5, 5.41) is 58.8. The van der Waals surface area contributed by atoms with Gasteiger partial charge >= 0.3 is 0 Å². The van der Waals surface area contributed by atoms with E-state index < -0.39 is 42.6 Å². The van der Waals surface area contributed by atoms with E-state index in [0.29, 0.717) is 5.56 Å². The number of hydrogen-bond donors (Lipinski definition) is 6. The van der Waals surface area contributed by atoms with Crippen molar-refractivity contribution < 1.29 is 49.6 Å². The molecule has 0 unspecified atom stereocenters. The maximum Gasteiger partial charge on any atom is 0.260 e. The van der Waals surface area contributed by atoms with Gasteiger partial charge < -0.3 is 44.8 Å². The van der Waals surface area contributed by atoms with Crippen LogP contribution in [0.25, 0.3) is 6.08 Å². The molecule has 1 heterocycles. The van der Waals surface area contributed by atoms with E-state index >= 15 is 0 Å². The van der Waals surface area contributed by atoms with Gasteiger partial charge in [-0.1, -0.05) is 6.08 Å². The van der Waals surface area contributed by atoms with Crippen molar-refractivity contribution in [3.05, 3.63) is 23.8 Å². The first-order valence-electron chi connectivity index (χ1n) is 7.92. The molecule has 1 aromatic rings. The molecule has 150 valence electrons. The van der Waals surface area contributed by atoms with Crippen molar-refractivity contribution in [3.63, 3.8) is 0 Å². The van der Waals surface area contributed by atoms with Crippen molar-refractivity contribution in [2.24, 2.45) is 0 Å². The lowest BCUT2D eigenvalue weighted by Crippen LogP contribution is -2.67. The Morgan fingerprint density at radius 1 is 1.19 bits per heavy atom. The smallest absolute Gasteiger partial charge is 0.260 e. The molecule has 1 aromatic carbocycles. The first-order valence-corrected chi connectivity index (χ1v) is 7.92. The minimum atomic E-state index is -2.87. The highest BCUT2D eigenvalue weighted by atomic mass is 16.7. The second-order valence-corrected chi connectivity index (χ2v) is 5.93. The van der Waals surface area contributed by atoms with Gasteiger partial charge in [0.15, 0.2) is 11.5 Å². The Hall–Kier alpha value is -2.21. The summed E-state index contributed by atoms with van der Waals surface area (Å²) in [4.78, 5) is 12.4. The molecule has 10 heteroatoms. The number of phenols is 1. The van der Waals surface area contributed by atoms with Gasteiger partial charge in [-0.25, -0.2) is 0 Å². The molecule has 5 atom stereocenters. The SMILES string of the molecule is COc1cc(C=CC(=O)[C@@]2(O)O[C@H](CO)[C@@H](O)[C@H](O)[C@H]2O)cc(OC)c1O. The molecule has 0 aromatic heterocycles. The third-order valence-electron chi connectivity index (χ3n) is 4.25. The summed E-state index contributed by atoms with van der Waals surface area (Å²) in [6, 6.07) is 2.78. The van der Waals surface area contributed by atoms with Crippen LogP contribution in [0.5, 0.6) is 17.2 Å². The van der Waals surface area contributed by atoms with Gasteiger partial charge in [-0.15, -0.1) is 0 Å². The average molecular weight is 386 g/mol. The molecule has 27 heavy (non-hydrogen) atoms. The number of hydrogen-bond acceptors (Lipinski definition) is 10. The Bertz CT molecular complexity index is 691. The molecular weight excluding hydrogens is 364 g/mol.